The molecule has 1 saturated carbocycles. The first-order valence-electron chi connectivity index (χ1n) is 7.97. The molecule has 1 aromatic rings. The highest BCUT2D eigenvalue weighted by Crippen LogP contribution is 2.32. The molecular formula is C18H24ClN. The van der Waals surface area contributed by atoms with Crippen LogP contribution >= 0.6 is 11.6 Å². The van der Waals surface area contributed by atoms with Gasteiger partial charge >= 0.3 is 0 Å². The maximum atomic E-state index is 5.91. The van der Waals surface area contributed by atoms with E-state index in [2.05, 4.69) is 29.2 Å². The standard InChI is InChI=1S/C18H24ClN/c19-17-11-9-15(10-12-17)4-3-6-18-5-1-2-13-20(18)14-16-7-8-16/h3-4,9-12,16,18H,1-2,5-8,13-14H2. The Morgan fingerprint density at radius 1 is 1.10 bits per heavy atom. The maximum Gasteiger partial charge on any atom is 0.0406 e. The average molecular weight is 290 g/mol. The van der Waals surface area contributed by atoms with Crippen molar-refractivity contribution in [2.75, 3.05) is 13.1 Å². The largest absolute Gasteiger partial charge is 0.300 e. The van der Waals surface area contributed by atoms with Gasteiger partial charge in [0.2, 0.25) is 0 Å². The van der Waals surface area contributed by atoms with Crippen LogP contribution < -0.4 is 0 Å². The summed E-state index contributed by atoms with van der Waals surface area (Å²) >= 11 is 5.91. The molecule has 2 aliphatic rings. The Bertz CT molecular complexity index is 447. The Labute approximate surface area is 127 Å². The molecule has 1 saturated heterocycles. The molecule has 0 amide bonds. The van der Waals surface area contributed by atoms with Crippen LogP contribution in [0.15, 0.2) is 30.3 Å². The van der Waals surface area contributed by atoms with E-state index in [1.165, 1.54) is 57.2 Å². The monoisotopic (exact) mass is 289 g/mol. The van der Waals surface area contributed by atoms with Crippen LogP contribution in [0.3, 0.4) is 0 Å². The molecule has 2 fully saturated rings. The number of piperidine rings is 1. The van der Waals surface area contributed by atoms with Crippen LogP contribution in [0.25, 0.3) is 6.08 Å². The van der Waals surface area contributed by atoms with Gasteiger partial charge in [0.05, 0.1) is 0 Å². The van der Waals surface area contributed by atoms with E-state index in [4.69, 9.17) is 11.6 Å². The lowest BCUT2D eigenvalue weighted by Gasteiger charge is -2.35. The first-order chi connectivity index (χ1) is 9.81. The highest BCUT2D eigenvalue weighted by Gasteiger charge is 2.28. The van der Waals surface area contributed by atoms with Crippen LogP contribution in [-0.2, 0) is 0 Å². The van der Waals surface area contributed by atoms with Gasteiger partial charge in [-0.25, -0.2) is 0 Å². The van der Waals surface area contributed by atoms with Crippen molar-refractivity contribution in [1.82, 2.24) is 4.90 Å². The van der Waals surface area contributed by atoms with E-state index >= 15 is 0 Å². The third-order valence-electron chi connectivity index (χ3n) is 4.53. The quantitative estimate of drug-likeness (QED) is 0.737. The van der Waals surface area contributed by atoms with E-state index in [-0.39, 0.29) is 0 Å². The molecule has 0 radical (unpaired) electrons. The molecule has 108 valence electrons. The van der Waals surface area contributed by atoms with Crippen molar-refractivity contribution in [2.24, 2.45) is 5.92 Å². The molecule has 1 aliphatic carbocycles. The van der Waals surface area contributed by atoms with Gasteiger partial charge in [0.25, 0.3) is 0 Å². The van der Waals surface area contributed by atoms with Crippen LogP contribution in [-0.4, -0.2) is 24.0 Å². The van der Waals surface area contributed by atoms with Gasteiger partial charge in [-0.1, -0.05) is 42.3 Å². The minimum absolute atomic E-state index is 0.771. The molecule has 1 aromatic carbocycles. The lowest BCUT2D eigenvalue weighted by molar-refractivity contribution is 0.143. The predicted octanol–water partition coefficient (Wildman–Crippen LogP) is 5.01. The molecule has 0 spiro atoms. The topological polar surface area (TPSA) is 3.24 Å². The number of rotatable bonds is 5. The number of hydrogen-bond acceptors (Lipinski definition) is 1. The normalized spacial score (nSPS) is 24.4. The summed E-state index contributed by atoms with van der Waals surface area (Å²) < 4.78 is 0. The number of hydrogen-bond donors (Lipinski definition) is 0. The lowest BCUT2D eigenvalue weighted by Crippen LogP contribution is -2.40. The van der Waals surface area contributed by atoms with Crippen LogP contribution in [0.4, 0.5) is 0 Å². The lowest BCUT2D eigenvalue weighted by atomic mass is 9.98. The van der Waals surface area contributed by atoms with Crippen LogP contribution in [0.1, 0.15) is 44.1 Å². The van der Waals surface area contributed by atoms with Crippen molar-refractivity contribution in [2.45, 2.75) is 44.6 Å². The first-order valence-corrected chi connectivity index (χ1v) is 8.35. The zero-order valence-electron chi connectivity index (χ0n) is 12.1. The Kier molecular flexibility index (Phi) is 4.80. The summed E-state index contributed by atoms with van der Waals surface area (Å²) in [4.78, 5) is 2.74. The van der Waals surface area contributed by atoms with Crippen molar-refractivity contribution in [3.63, 3.8) is 0 Å². The second-order valence-electron chi connectivity index (χ2n) is 6.28. The van der Waals surface area contributed by atoms with E-state index in [1.807, 2.05) is 12.1 Å². The zero-order chi connectivity index (χ0) is 13.8. The van der Waals surface area contributed by atoms with E-state index in [0.717, 1.165) is 17.0 Å². The molecule has 1 atom stereocenters. The molecule has 0 aromatic heterocycles. The third-order valence-corrected chi connectivity index (χ3v) is 4.78. The minimum atomic E-state index is 0.771. The van der Waals surface area contributed by atoms with E-state index in [1.54, 1.807) is 0 Å². The van der Waals surface area contributed by atoms with Gasteiger partial charge in [-0.15, -0.1) is 0 Å². The Balaban J connectivity index is 1.53. The molecule has 3 rings (SSSR count). The van der Waals surface area contributed by atoms with Gasteiger partial charge in [0.1, 0.15) is 0 Å². The van der Waals surface area contributed by atoms with E-state index in [0.29, 0.717) is 0 Å². The summed E-state index contributed by atoms with van der Waals surface area (Å²) in [6.45, 7) is 2.66. The maximum absolute atomic E-state index is 5.91. The molecule has 1 nitrogen and oxygen atoms in total. The Morgan fingerprint density at radius 3 is 2.65 bits per heavy atom. The van der Waals surface area contributed by atoms with Gasteiger partial charge in [0.15, 0.2) is 0 Å². The van der Waals surface area contributed by atoms with Crippen LogP contribution in [0, 0.1) is 5.92 Å². The minimum Gasteiger partial charge on any atom is -0.300 e. The van der Waals surface area contributed by atoms with Crippen molar-refractivity contribution < 1.29 is 0 Å². The zero-order valence-corrected chi connectivity index (χ0v) is 12.9. The predicted molar refractivity (Wildman–Crippen MR) is 87.0 cm³/mol. The fourth-order valence-electron chi connectivity index (χ4n) is 3.13. The Hall–Kier alpha value is -0.790. The molecule has 0 N–H and O–H groups in total. The highest BCUT2D eigenvalue weighted by molar-refractivity contribution is 6.30. The van der Waals surface area contributed by atoms with Gasteiger partial charge in [-0.05, 0) is 62.3 Å². The molecule has 0 bridgehead atoms. The molecule has 1 aliphatic heterocycles. The smallest absolute Gasteiger partial charge is 0.0406 e. The molecule has 1 unspecified atom stereocenters. The summed E-state index contributed by atoms with van der Waals surface area (Å²) in [7, 11) is 0. The number of benzene rings is 1. The first kappa shape index (κ1) is 14.2. The fourth-order valence-corrected chi connectivity index (χ4v) is 3.26. The van der Waals surface area contributed by atoms with Crippen LogP contribution in [0.5, 0.6) is 0 Å². The third kappa shape index (κ3) is 4.10. The summed E-state index contributed by atoms with van der Waals surface area (Å²) in [5.41, 5.74) is 1.25. The molecule has 2 heteroatoms. The SMILES string of the molecule is Clc1ccc(C=CCC2CCCCN2CC2CC2)cc1. The number of likely N-dealkylation sites (tertiary alicyclic amines) is 1. The number of nitrogens with zero attached hydrogens (tertiary/aromatic N) is 1. The van der Waals surface area contributed by atoms with Crippen molar-refractivity contribution in [3.05, 3.63) is 40.9 Å². The van der Waals surface area contributed by atoms with Crippen molar-refractivity contribution in [1.29, 1.82) is 0 Å². The van der Waals surface area contributed by atoms with Gasteiger partial charge in [-0.2, -0.15) is 0 Å². The van der Waals surface area contributed by atoms with Crippen LogP contribution in [0.2, 0.25) is 5.02 Å². The molecule has 20 heavy (non-hydrogen) atoms. The van der Waals surface area contributed by atoms with Gasteiger partial charge < -0.3 is 0 Å². The summed E-state index contributed by atoms with van der Waals surface area (Å²) in [6.07, 6.45) is 12.9. The summed E-state index contributed by atoms with van der Waals surface area (Å²) in [5.74, 6) is 1.01. The molecular weight excluding hydrogens is 266 g/mol. The summed E-state index contributed by atoms with van der Waals surface area (Å²) in [5, 5.41) is 0.810. The van der Waals surface area contributed by atoms with E-state index < -0.39 is 0 Å². The van der Waals surface area contributed by atoms with Gasteiger partial charge in [0, 0.05) is 17.6 Å². The summed E-state index contributed by atoms with van der Waals surface area (Å²) in [6, 6.07) is 8.86. The second kappa shape index (κ2) is 6.78. The Morgan fingerprint density at radius 2 is 1.90 bits per heavy atom. The van der Waals surface area contributed by atoms with Crippen molar-refractivity contribution in [3.8, 4) is 0 Å². The molecule has 1 heterocycles. The highest BCUT2D eigenvalue weighted by atomic mass is 35.5. The fraction of sp³-hybridized carbons (Fsp3) is 0.556. The van der Waals surface area contributed by atoms with Crippen molar-refractivity contribution >= 4 is 17.7 Å². The average Bonchev–Trinajstić information content (AvgIpc) is 3.27. The second-order valence-corrected chi connectivity index (χ2v) is 6.71. The van der Waals surface area contributed by atoms with Gasteiger partial charge in [-0.3, -0.25) is 4.90 Å². The number of halogens is 1. The van der Waals surface area contributed by atoms with E-state index in [9.17, 15) is 0 Å².